The van der Waals surface area contributed by atoms with Crippen LogP contribution in [0.3, 0.4) is 0 Å². The normalized spacial score (nSPS) is 26.7. The first-order valence-electron chi connectivity index (χ1n) is 4.85. The SMILES string of the molecule is BrC1=CC2c3cc(Br)ccc3NC2C=C1. The first-order chi connectivity index (χ1) is 7.24. The third-order valence-electron chi connectivity index (χ3n) is 2.88. The predicted molar refractivity (Wildman–Crippen MR) is 70.4 cm³/mol. The van der Waals surface area contributed by atoms with E-state index in [1.165, 1.54) is 15.7 Å². The summed E-state index contributed by atoms with van der Waals surface area (Å²) in [5, 5.41) is 3.51. The van der Waals surface area contributed by atoms with Gasteiger partial charge in [-0.3, -0.25) is 0 Å². The minimum absolute atomic E-state index is 0.413. The Hall–Kier alpha value is -0.540. The third-order valence-corrected chi connectivity index (χ3v) is 3.91. The van der Waals surface area contributed by atoms with Gasteiger partial charge in [0.05, 0.1) is 6.04 Å². The molecule has 1 nitrogen and oxygen atoms in total. The van der Waals surface area contributed by atoms with Gasteiger partial charge in [0.15, 0.2) is 0 Å². The number of allylic oxidation sites excluding steroid dienone is 2. The molecular weight excluding hydrogens is 318 g/mol. The van der Waals surface area contributed by atoms with Crippen LogP contribution < -0.4 is 5.32 Å². The van der Waals surface area contributed by atoms with Crippen molar-refractivity contribution in [2.45, 2.75) is 12.0 Å². The number of halogens is 2. The van der Waals surface area contributed by atoms with Crippen molar-refractivity contribution in [3.63, 3.8) is 0 Å². The Morgan fingerprint density at radius 2 is 2.07 bits per heavy atom. The van der Waals surface area contributed by atoms with Gasteiger partial charge in [-0.2, -0.15) is 0 Å². The summed E-state index contributed by atoms with van der Waals surface area (Å²) in [7, 11) is 0. The highest BCUT2D eigenvalue weighted by atomic mass is 79.9. The van der Waals surface area contributed by atoms with Gasteiger partial charge >= 0.3 is 0 Å². The maximum atomic E-state index is 3.53. The number of rotatable bonds is 0. The summed E-state index contributed by atoms with van der Waals surface area (Å²) in [6.07, 6.45) is 6.58. The second-order valence-electron chi connectivity index (χ2n) is 3.84. The lowest BCUT2D eigenvalue weighted by atomic mass is 9.92. The second kappa shape index (κ2) is 3.49. The van der Waals surface area contributed by atoms with Crippen LogP contribution in [0.2, 0.25) is 0 Å². The highest BCUT2D eigenvalue weighted by Gasteiger charge is 2.30. The highest BCUT2D eigenvalue weighted by Crippen LogP contribution is 2.41. The van der Waals surface area contributed by atoms with E-state index in [9.17, 15) is 0 Å². The Bertz CT molecular complexity index is 477. The van der Waals surface area contributed by atoms with Gasteiger partial charge < -0.3 is 5.32 Å². The van der Waals surface area contributed by atoms with Crippen LogP contribution in [-0.2, 0) is 0 Å². The summed E-state index contributed by atoms with van der Waals surface area (Å²) < 4.78 is 2.31. The molecule has 76 valence electrons. The fourth-order valence-electron chi connectivity index (χ4n) is 2.19. The zero-order valence-corrected chi connectivity index (χ0v) is 11.0. The van der Waals surface area contributed by atoms with Crippen molar-refractivity contribution >= 4 is 37.5 Å². The molecule has 0 bridgehead atoms. The van der Waals surface area contributed by atoms with Gasteiger partial charge in [0, 0.05) is 20.6 Å². The molecule has 3 rings (SSSR count). The van der Waals surface area contributed by atoms with Crippen LogP contribution in [0.1, 0.15) is 11.5 Å². The standard InChI is InChI=1S/C12H9Br2N/c13-7-1-3-11-9(5-7)10-6-8(14)2-4-12(10)15-11/h1-6,9,11,15H. The van der Waals surface area contributed by atoms with Crippen molar-refractivity contribution in [2.75, 3.05) is 5.32 Å². The maximum absolute atomic E-state index is 3.53. The molecule has 0 saturated carbocycles. The summed E-state index contributed by atoms with van der Waals surface area (Å²) in [5.41, 5.74) is 2.62. The molecule has 0 aromatic heterocycles. The second-order valence-corrected chi connectivity index (χ2v) is 5.67. The molecule has 1 aliphatic heterocycles. The van der Waals surface area contributed by atoms with Gasteiger partial charge in [-0.1, -0.05) is 50.1 Å². The van der Waals surface area contributed by atoms with Crippen molar-refractivity contribution in [1.29, 1.82) is 0 Å². The predicted octanol–water partition coefficient (Wildman–Crippen LogP) is 4.18. The minimum atomic E-state index is 0.413. The number of hydrogen-bond donors (Lipinski definition) is 1. The molecule has 0 spiro atoms. The van der Waals surface area contributed by atoms with E-state index in [0.717, 1.165) is 4.47 Å². The van der Waals surface area contributed by atoms with Crippen LogP contribution in [-0.4, -0.2) is 6.04 Å². The van der Waals surface area contributed by atoms with Gasteiger partial charge in [0.25, 0.3) is 0 Å². The molecule has 1 aromatic carbocycles. The van der Waals surface area contributed by atoms with Gasteiger partial charge in [0.2, 0.25) is 0 Å². The molecule has 1 N–H and O–H groups in total. The number of fused-ring (bicyclic) bond motifs is 3. The molecule has 3 heteroatoms. The van der Waals surface area contributed by atoms with Crippen molar-refractivity contribution in [1.82, 2.24) is 0 Å². The molecule has 0 saturated heterocycles. The van der Waals surface area contributed by atoms with E-state index in [1.807, 2.05) is 0 Å². The zero-order valence-electron chi connectivity index (χ0n) is 7.87. The largest absolute Gasteiger partial charge is 0.378 e. The van der Waals surface area contributed by atoms with E-state index >= 15 is 0 Å². The van der Waals surface area contributed by atoms with Crippen LogP contribution >= 0.6 is 31.9 Å². The lowest BCUT2D eigenvalue weighted by Crippen LogP contribution is -2.18. The number of hydrogen-bond acceptors (Lipinski definition) is 1. The van der Waals surface area contributed by atoms with Gasteiger partial charge in [0.1, 0.15) is 0 Å². The van der Waals surface area contributed by atoms with Crippen molar-refractivity contribution in [3.8, 4) is 0 Å². The maximum Gasteiger partial charge on any atom is 0.0552 e. The van der Waals surface area contributed by atoms with Crippen LogP contribution in [0.25, 0.3) is 0 Å². The molecule has 15 heavy (non-hydrogen) atoms. The van der Waals surface area contributed by atoms with Gasteiger partial charge in [-0.15, -0.1) is 0 Å². The molecule has 0 amide bonds. The number of anilines is 1. The topological polar surface area (TPSA) is 12.0 Å². The fraction of sp³-hybridized carbons (Fsp3) is 0.167. The van der Waals surface area contributed by atoms with Crippen molar-refractivity contribution in [3.05, 3.63) is 50.9 Å². The molecule has 1 aliphatic carbocycles. The molecule has 0 fully saturated rings. The molecule has 0 radical (unpaired) electrons. The van der Waals surface area contributed by atoms with Crippen molar-refractivity contribution in [2.24, 2.45) is 0 Å². The molecule has 1 heterocycles. The summed E-state index contributed by atoms with van der Waals surface area (Å²) in [4.78, 5) is 0. The fourth-order valence-corrected chi connectivity index (χ4v) is 3.00. The van der Waals surface area contributed by atoms with Crippen LogP contribution in [0.5, 0.6) is 0 Å². The van der Waals surface area contributed by atoms with Gasteiger partial charge in [-0.05, 0) is 23.8 Å². The van der Waals surface area contributed by atoms with Crippen molar-refractivity contribution < 1.29 is 0 Å². The van der Waals surface area contributed by atoms with Crippen LogP contribution in [0.15, 0.2) is 45.4 Å². The zero-order chi connectivity index (χ0) is 10.4. The van der Waals surface area contributed by atoms with Gasteiger partial charge in [-0.25, -0.2) is 0 Å². The molecule has 2 aliphatic rings. The first kappa shape index (κ1) is 9.67. The Kier molecular flexibility index (Phi) is 2.25. The Morgan fingerprint density at radius 3 is 2.93 bits per heavy atom. The highest BCUT2D eigenvalue weighted by molar-refractivity contribution is 9.12. The lowest BCUT2D eigenvalue weighted by Gasteiger charge is -2.17. The van der Waals surface area contributed by atoms with Crippen LogP contribution in [0.4, 0.5) is 5.69 Å². The van der Waals surface area contributed by atoms with E-state index < -0.39 is 0 Å². The summed E-state index contributed by atoms with van der Waals surface area (Å²) in [6, 6.07) is 6.82. The Balaban J connectivity index is 2.11. The van der Waals surface area contributed by atoms with E-state index in [-0.39, 0.29) is 0 Å². The van der Waals surface area contributed by atoms with E-state index in [4.69, 9.17) is 0 Å². The number of benzene rings is 1. The first-order valence-corrected chi connectivity index (χ1v) is 6.44. The summed E-state index contributed by atoms with van der Waals surface area (Å²) >= 11 is 7.05. The molecule has 1 aromatic rings. The van der Waals surface area contributed by atoms with E-state index in [1.54, 1.807) is 0 Å². The number of nitrogens with one attached hydrogen (secondary N) is 1. The molecule has 2 atom stereocenters. The minimum Gasteiger partial charge on any atom is -0.378 e. The van der Waals surface area contributed by atoms with E-state index in [2.05, 4.69) is 73.6 Å². The quantitative estimate of drug-likeness (QED) is 0.754. The Morgan fingerprint density at radius 1 is 1.20 bits per heavy atom. The van der Waals surface area contributed by atoms with Crippen LogP contribution in [0, 0.1) is 0 Å². The third kappa shape index (κ3) is 1.58. The molecular formula is C12H9Br2N. The smallest absolute Gasteiger partial charge is 0.0552 e. The average molecular weight is 327 g/mol. The van der Waals surface area contributed by atoms with E-state index in [0.29, 0.717) is 12.0 Å². The monoisotopic (exact) mass is 325 g/mol. The molecule has 2 unspecified atom stereocenters. The lowest BCUT2D eigenvalue weighted by molar-refractivity contribution is 0.803. The summed E-state index contributed by atoms with van der Waals surface area (Å²) in [5.74, 6) is 0.455. The summed E-state index contributed by atoms with van der Waals surface area (Å²) in [6.45, 7) is 0. The average Bonchev–Trinajstić information content (AvgIpc) is 2.56. The Labute approximate surface area is 106 Å².